The molecule has 10 aromatic carbocycles. The van der Waals surface area contributed by atoms with Gasteiger partial charge in [0.05, 0.1) is 22.1 Å². The summed E-state index contributed by atoms with van der Waals surface area (Å²) in [6, 6.07) is 103. The molecule has 376 valence electrons. The molecule has 5 nitrogen and oxygen atoms in total. The summed E-state index contributed by atoms with van der Waals surface area (Å²) in [6.07, 6.45) is 0. The predicted molar refractivity (Wildman–Crippen MR) is 335 cm³/mol. The molecule has 4 aromatic heterocycles. The largest absolute Gasteiger partial charge is 0.294 e. The number of hydrogen-bond donors (Lipinski definition) is 0. The molecule has 14 aromatic rings. The normalized spacial score (nSPS) is 12.0. The molecule has 0 spiro atoms. The number of fused-ring (bicyclic) bond motifs is 6. The Hall–Kier alpha value is -9.54. The number of aromatic nitrogens is 5. The molecule has 0 aliphatic rings. The SMILES string of the molecule is Cc1nc(-c2cc(-n3c4ccccc4c4cc([Si](c5ccccc5)(c5ccccc5)c5ccccc5)ccc43)nc(-n3c4ccccc4c4cc([Si](c5ccccc5)(c5ccccc5)c5ccccc5)ccc43)c2)nc(C)c1C. The van der Waals surface area contributed by atoms with Crippen LogP contribution in [-0.4, -0.2) is 40.2 Å². The van der Waals surface area contributed by atoms with Gasteiger partial charge in [-0.25, -0.2) is 15.0 Å². The summed E-state index contributed by atoms with van der Waals surface area (Å²) in [5.74, 6) is 2.25. The van der Waals surface area contributed by atoms with Crippen molar-refractivity contribution in [3.63, 3.8) is 0 Å². The zero-order valence-electron chi connectivity index (χ0n) is 44.3. The van der Waals surface area contributed by atoms with Gasteiger partial charge in [-0.2, -0.15) is 0 Å². The van der Waals surface area contributed by atoms with Crippen molar-refractivity contribution in [2.75, 3.05) is 0 Å². The molecule has 0 saturated heterocycles. The van der Waals surface area contributed by atoms with Crippen LogP contribution < -0.4 is 41.5 Å². The molecule has 0 amide bonds. The lowest BCUT2D eigenvalue weighted by Crippen LogP contribution is -2.74. The number of para-hydroxylation sites is 2. The Balaban J connectivity index is 1.04. The first-order chi connectivity index (χ1) is 38.9. The molecular formula is C72H55N5Si2. The van der Waals surface area contributed by atoms with Gasteiger partial charge in [-0.3, -0.25) is 9.13 Å². The van der Waals surface area contributed by atoms with E-state index in [4.69, 9.17) is 15.0 Å². The average molecular weight is 1050 g/mol. The summed E-state index contributed by atoms with van der Waals surface area (Å²) in [5, 5.41) is 15.3. The smallest absolute Gasteiger partial charge is 0.179 e. The van der Waals surface area contributed by atoms with Crippen LogP contribution in [0.2, 0.25) is 0 Å². The van der Waals surface area contributed by atoms with E-state index < -0.39 is 16.1 Å². The fraction of sp³-hybridized carbons (Fsp3) is 0.0417. The van der Waals surface area contributed by atoms with E-state index in [1.165, 1.54) is 52.3 Å². The van der Waals surface area contributed by atoms with E-state index in [0.29, 0.717) is 5.82 Å². The third-order valence-corrected chi connectivity index (χ3v) is 26.1. The van der Waals surface area contributed by atoms with Gasteiger partial charge in [-0.15, -0.1) is 0 Å². The summed E-state index contributed by atoms with van der Waals surface area (Å²) in [4.78, 5) is 16.2. The monoisotopic (exact) mass is 1050 g/mol. The van der Waals surface area contributed by atoms with Crippen LogP contribution in [0.3, 0.4) is 0 Å². The van der Waals surface area contributed by atoms with Gasteiger partial charge >= 0.3 is 0 Å². The molecule has 0 bridgehead atoms. The average Bonchev–Trinajstić information content (AvgIpc) is 4.11. The zero-order valence-corrected chi connectivity index (χ0v) is 46.3. The van der Waals surface area contributed by atoms with Crippen LogP contribution in [-0.2, 0) is 0 Å². The van der Waals surface area contributed by atoms with Crippen LogP contribution in [0.25, 0.3) is 66.6 Å². The molecule has 4 heterocycles. The third-order valence-electron chi connectivity index (χ3n) is 16.6. The third kappa shape index (κ3) is 7.68. The van der Waals surface area contributed by atoms with Gasteiger partial charge in [0.15, 0.2) is 22.0 Å². The van der Waals surface area contributed by atoms with E-state index >= 15 is 0 Å². The Morgan fingerprint density at radius 1 is 0.266 bits per heavy atom. The molecule has 0 atom stereocenters. The lowest BCUT2D eigenvalue weighted by Gasteiger charge is -2.34. The first-order valence-electron chi connectivity index (χ1n) is 27.2. The summed E-state index contributed by atoms with van der Waals surface area (Å²) < 4.78 is 4.72. The first kappa shape index (κ1) is 47.9. The Morgan fingerprint density at radius 2 is 0.557 bits per heavy atom. The molecule has 0 fully saturated rings. The lowest BCUT2D eigenvalue weighted by molar-refractivity contribution is 0.995. The maximum absolute atomic E-state index is 5.82. The summed E-state index contributed by atoms with van der Waals surface area (Å²) >= 11 is 0. The molecule has 0 saturated carbocycles. The highest BCUT2D eigenvalue weighted by molar-refractivity contribution is 7.20. The van der Waals surface area contributed by atoms with Gasteiger partial charge in [0.25, 0.3) is 0 Å². The van der Waals surface area contributed by atoms with E-state index in [2.05, 4.69) is 309 Å². The highest BCUT2D eigenvalue weighted by atomic mass is 28.3. The fourth-order valence-corrected chi connectivity index (χ4v) is 22.3. The van der Waals surface area contributed by atoms with Gasteiger partial charge in [0, 0.05) is 38.5 Å². The van der Waals surface area contributed by atoms with E-state index in [-0.39, 0.29) is 0 Å². The number of nitrogens with zero attached hydrogens (tertiary/aromatic N) is 5. The van der Waals surface area contributed by atoms with Crippen molar-refractivity contribution < 1.29 is 0 Å². The lowest BCUT2D eigenvalue weighted by atomic mass is 10.1. The Kier molecular flexibility index (Phi) is 11.8. The Morgan fingerprint density at radius 3 is 0.886 bits per heavy atom. The summed E-state index contributed by atoms with van der Waals surface area (Å²) in [6.45, 7) is 6.27. The molecular weight excluding hydrogens is 991 g/mol. The second-order valence-electron chi connectivity index (χ2n) is 20.8. The van der Waals surface area contributed by atoms with Gasteiger partial charge in [-0.05, 0) is 104 Å². The molecule has 7 heteroatoms. The quantitative estimate of drug-likeness (QED) is 0.0958. The standard InChI is InChI=1S/C72H55N5Si2/c1-50-51(2)73-72(74-52(50)3)53-46-70(76-66-40-24-22-38-62(66)64-48-60(42-44-68(64)76)78(54-26-10-4-11-27-54,55-28-12-5-13-29-55)56-30-14-6-15-31-56)75-71(47-53)77-67-41-25-23-39-63(67)65-49-61(43-45-69(65)77)79(57-32-16-7-17-33-57,58-34-18-8-19-35-58)59-36-20-9-21-37-59/h4-49H,1-3H3. The second kappa shape index (κ2) is 19.5. The van der Waals surface area contributed by atoms with Crippen molar-refractivity contribution in [2.45, 2.75) is 20.8 Å². The van der Waals surface area contributed by atoms with Crippen molar-refractivity contribution in [3.8, 4) is 23.0 Å². The van der Waals surface area contributed by atoms with E-state index in [0.717, 1.165) is 67.0 Å². The van der Waals surface area contributed by atoms with Gasteiger partial charge in [0.1, 0.15) is 11.6 Å². The zero-order chi connectivity index (χ0) is 53.1. The summed E-state index contributed by atoms with van der Waals surface area (Å²) in [5.41, 5.74) is 8.20. The van der Waals surface area contributed by atoms with Crippen LogP contribution in [0.4, 0.5) is 0 Å². The predicted octanol–water partition coefficient (Wildman–Crippen LogP) is 11.4. The van der Waals surface area contributed by atoms with Gasteiger partial charge in [0.2, 0.25) is 0 Å². The Bertz CT molecular complexity index is 4080. The molecule has 14 rings (SSSR count). The van der Waals surface area contributed by atoms with Crippen LogP contribution >= 0.6 is 0 Å². The van der Waals surface area contributed by atoms with Crippen molar-refractivity contribution in [1.29, 1.82) is 0 Å². The second-order valence-corrected chi connectivity index (χ2v) is 28.4. The Labute approximate surface area is 462 Å². The van der Waals surface area contributed by atoms with Crippen LogP contribution in [0.1, 0.15) is 17.0 Å². The van der Waals surface area contributed by atoms with Gasteiger partial charge < -0.3 is 0 Å². The van der Waals surface area contributed by atoms with Crippen LogP contribution in [0, 0.1) is 20.8 Å². The minimum Gasteiger partial charge on any atom is -0.294 e. The molecule has 0 aliphatic carbocycles. The van der Waals surface area contributed by atoms with Gasteiger partial charge in [-0.1, -0.05) is 243 Å². The van der Waals surface area contributed by atoms with Crippen molar-refractivity contribution in [1.82, 2.24) is 24.1 Å². The number of benzene rings is 10. The molecule has 0 unspecified atom stereocenters. The molecule has 79 heavy (non-hydrogen) atoms. The van der Waals surface area contributed by atoms with E-state index in [1.54, 1.807) is 0 Å². The highest BCUT2D eigenvalue weighted by Crippen LogP contribution is 2.37. The number of hydrogen-bond acceptors (Lipinski definition) is 3. The molecule has 0 N–H and O–H groups in total. The van der Waals surface area contributed by atoms with Crippen molar-refractivity contribution in [3.05, 3.63) is 296 Å². The summed E-state index contributed by atoms with van der Waals surface area (Å²) in [7, 11) is -5.71. The maximum atomic E-state index is 5.82. The topological polar surface area (TPSA) is 48.5 Å². The van der Waals surface area contributed by atoms with Crippen molar-refractivity contribution in [2.24, 2.45) is 0 Å². The van der Waals surface area contributed by atoms with E-state index in [9.17, 15) is 0 Å². The van der Waals surface area contributed by atoms with Crippen LogP contribution in [0.5, 0.6) is 0 Å². The minimum atomic E-state index is -2.86. The maximum Gasteiger partial charge on any atom is 0.179 e. The van der Waals surface area contributed by atoms with E-state index in [1.807, 2.05) is 0 Å². The van der Waals surface area contributed by atoms with Crippen molar-refractivity contribution >= 4 is 101 Å². The molecule has 0 aliphatic heterocycles. The van der Waals surface area contributed by atoms with Crippen LogP contribution in [0.15, 0.2) is 279 Å². The first-order valence-corrected chi connectivity index (χ1v) is 31.2. The highest BCUT2D eigenvalue weighted by Gasteiger charge is 2.43. The minimum absolute atomic E-state index is 0.672. The molecule has 0 radical (unpaired) electrons. The number of aryl methyl sites for hydroxylation is 2. The number of rotatable bonds is 11. The fourth-order valence-electron chi connectivity index (χ4n) is 12.8. The number of pyridine rings is 1.